The molecule has 2 N–H and O–H groups in total. The number of ether oxygens (including phenoxy) is 1. The van der Waals surface area contributed by atoms with Crippen LogP contribution in [0.4, 0.5) is 0 Å². The molecule has 0 amide bonds. The highest BCUT2D eigenvalue weighted by Crippen LogP contribution is 2.33. The van der Waals surface area contributed by atoms with Crippen LogP contribution in [-0.2, 0) is 4.79 Å². The average molecular weight is 245 g/mol. The van der Waals surface area contributed by atoms with E-state index in [0.717, 1.165) is 28.2 Å². The number of carbonyl (C=O) groups is 1. The molecule has 2 aromatic rings. The Kier molecular flexibility index (Phi) is 3.10. The van der Waals surface area contributed by atoms with Crippen LogP contribution in [0.25, 0.3) is 17.0 Å². The number of benzene rings is 1. The van der Waals surface area contributed by atoms with Gasteiger partial charge in [-0.1, -0.05) is 12.1 Å². The number of hydrogen-bond acceptors (Lipinski definition) is 2. The summed E-state index contributed by atoms with van der Waals surface area (Å²) in [6.07, 6.45) is 2.64. The number of H-pyrrole nitrogens is 1. The van der Waals surface area contributed by atoms with Crippen LogP contribution in [-0.4, -0.2) is 23.2 Å². The van der Waals surface area contributed by atoms with Crippen LogP contribution in [0.15, 0.2) is 18.2 Å². The summed E-state index contributed by atoms with van der Waals surface area (Å²) in [5, 5.41) is 9.76. The molecule has 4 heteroatoms. The van der Waals surface area contributed by atoms with Gasteiger partial charge < -0.3 is 14.8 Å². The lowest BCUT2D eigenvalue weighted by molar-refractivity contribution is -0.131. The van der Waals surface area contributed by atoms with Gasteiger partial charge in [-0.2, -0.15) is 0 Å². The molecule has 4 nitrogen and oxygen atoms in total. The Morgan fingerprint density at radius 3 is 2.72 bits per heavy atom. The molecule has 0 spiro atoms. The van der Waals surface area contributed by atoms with E-state index in [1.54, 1.807) is 7.11 Å². The second-order valence-corrected chi connectivity index (χ2v) is 4.16. The first-order valence-corrected chi connectivity index (χ1v) is 5.61. The highest BCUT2D eigenvalue weighted by atomic mass is 16.5. The Balaban J connectivity index is 2.66. The minimum absolute atomic E-state index is 0.668. The van der Waals surface area contributed by atoms with Crippen LogP contribution >= 0.6 is 0 Å². The molecule has 0 unspecified atom stereocenters. The summed E-state index contributed by atoms with van der Waals surface area (Å²) in [7, 11) is 1.58. The number of fused-ring (bicyclic) bond motifs is 1. The Labute approximate surface area is 105 Å². The van der Waals surface area contributed by atoms with Crippen molar-refractivity contribution in [3.63, 3.8) is 0 Å². The standard InChI is InChI=1S/C14H15NO3/c1-8-9(2)15-13-11(8)6-4-10(14(13)18-3)5-7-12(16)17/h4-7,15H,1-3H3,(H,16,17)/b7-5+. The van der Waals surface area contributed by atoms with E-state index in [4.69, 9.17) is 9.84 Å². The maximum atomic E-state index is 10.6. The number of carboxylic acid groups (broad SMARTS) is 1. The fourth-order valence-electron chi connectivity index (χ4n) is 2.03. The quantitative estimate of drug-likeness (QED) is 0.817. The summed E-state index contributed by atoms with van der Waals surface area (Å²) in [4.78, 5) is 13.8. The minimum Gasteiger partial charge on any atom is -0.494 e. The van der Waals surface area contributed by atoms with Crippen molar-refractivity contribution in [1.29, 1.82) is 0 Å². The van der Waals surface area contributed by atoms with Crippen LogP contribution in [0.2, 0.25) is 0 Å². The van der Waals surface area contributed by atoms with Crippen LogP contribution in [0.3, 0.4) is 0 Å². The Bertz CT molecular complexity index is 638. The van der Waals surface area contributed by atoms with Crippen molar-refractivity contribution < 1.29 is 14.6 Å². The summed E-state index contributed by atoms with van der Waals surface area (Å²) in [6, 6.07) is 3.83. The van der Waals surface area contributed by atoms with Gasteiger partial charge >= 0.3 is 5.97 Å². The van der Waals surface area contributed by atoms with Gasteiger partial charge in [0.1, 0.15) is 5.75 Å². The van der Waals surface area contributed by atoms with Gasteiger partial charge in [0.15, 0.2) is 0 Å². The summed E-state index contributed by atoms with van der Waals surface area (Å²) in [5.74, 6) is -0.308. The minimum atomic E-state index is -0.976. The first kappa shape index (κ1) is 12.2. The second-order valence-electron chi connectivity index (χ2n) is 4.16. The van der Waals surface area contributed by atoms with Crippen LogP contribution in [0.5, 0.6) is 5.75 Å². The number of aromatic amines is 1. The lowest BCUT2D eigenvalue weighted by Gasteiger charge is -2.06. The van der Waals surface area contributed by atoms with Crippen LogP contribution in [0, 0.1) is 13.8 Å². The Hall–Kier alpha value is -2.23. The lowest BCUT2D eigenvalue weighted by Crippen LogP contribution is -1.90. The molecule has 1 aromatic carbocycles. The van der Waals surface area contributed by atoms with Gasteiger partial charge in [-0.05, 0) is 25.5 Å². The third kappa shape index (κ3) is 1.97. The fraction of sp³-hybridized carbons (Fsp3) is 0.214. The fourth-order valence-corrected chi connectivity index (χ4v) is 2.03. The summed E-state index contributed by atoms with van der Waals surface area (Å²) < 4.78 is 5.38. The van der Waals surface area contributed by atoms with Crippen molar-refractivity contribution in [2.45, 2.75) is 13.8 Å². The van der Waals surface area contributed by atoms with Gasteiger partial charge in [0.05, 0.1) is 12.6 Å². The number of hydrogen-bond donors (Lipinski definition) is 2. The molecule has 0 bridgehead atoms. The number of rotatable bonds is 3. The molecule has 1 aromatic heterocycles. The number of aryl methyl sites for hydroxylation is 2. The van der Waals surface area contributed by atoms with E-state index >= 15 is 0 Å². The highest BCUT2D eigenvalue weighted by molar-refractivity contribution is 5.94. The molecule has 0 aliphatic heterocycles. The summed E-state index contributed by atoms with van der Waals surface area (Å²) in [5.41, 5.74) is 3.91. The molecule has 0 radical (unpaired) electrons. The molecule has 0 aliphatic rings. The topological polar surface area (TPSA) is 62.3 Å². The molecule has 0 saturated carbocycles. The van der Waals surface area contributed by atoms with E-state index in [1.807, 2.05) is 26.0 Å². The smallest absolute Gasteiger partial charge is 0.328 e. The van der Waals surface area contributed by atoms with Gasteiger partial charge in [0.25, 0.3) is 0 Å². The van der Waals surface area contributed by atoms with E-state index in [9.17, 15) is 4.79 Å². The number of carboxylic acids is 1. The van der Waals surface area contributed by atoms with Crippen LogP contribution < -0.4 is 4.74 Å². The normalized spacial score (nSPS) is 11.3. The number of methoxy groups -OCH3 is 1. The predicted octanol–water partition coefficient (Wildman–Crippen LogP) is 2.89. The second kappa shape index (κ2) is 4.56. The first-order chi connectivity index (χ1) is 8.54. The van der Waals surface area contributed by atoms with Crippen molar-refractivity contribution in [1.82, 2.24) is 4.98 Å². The van der Waals surface area contributed by atoms with Crippen molar-refractivity contribution in [2.75, 3.05) is 7.11 Å². The van der Waals surface area contributed by atoms with Gasteiger partial charge in [-0.15, -0.1) is 0 Å². The summed E-state index contributed by atoms with van der Waals surface area (Å²) in [6.45, 7) is 4.04. The lowest BCUT2D eigenvalue weighted by atomic mass is 10.1. The van der Waals surface area contributed by atoms with Crippen molar-refractivity contribution >= 4 is 22.9 Å². The number of aliphatic carboxylic acids is 1. The van der Waals surface area contributed by atoms with E-state index in [2.05, 4.69) is 4.98 Å². The van der Waals surface area contributed by atoms with E-state index in [0.29, 0.717) is 5.75 Å². The largest absolute Gasteiger partial charge is 0.494 e. The van der Waals surface area contributed by atoms with Crippen molar-refractivity contribution in [3.8, 4) is 5.75 Å². The molecule has 18 heavy (non-hydrogen) atoms. The maximum absolute atomic E-state index is 10.6. The van der Waals surface area contributed by atoms with E-state index < -0.39 is 5.97 Å². The van der Waals surface area contributed by atoms with Gasteiger partial charge in [-0.25, -0.2) is 4.79 Å². The third-order valence-corrected chi connectivity index (χ3v) is 3.08. The molecule has 0 atom stereocenters. The number of aromatic nitrogens is 1. The summed E-state index contributed by atoms with van der Waals surface area (Å²) >= 11 is 0. The van der Waals surface area contributed by atoms with Gasteiger partial charge in [0.2, 0.25) is 0 Å². The molecule has 94 valence electrons. The average Bonchev–Trinajstić information content (AvgIpc) is 2.62. The molecule has 0 aliphatic carbocycles. The molecular formula is C14H15NO3. The Morgan fingerprint density at radius 1 is 1.39 bits per heavy atom. The SMILES string of the molecule is COc1c(/C=C/C(=O)O)ccc2c(C)c(C)[nH]c12. The van der Waals surface area contributed by atoms with E-state index in [1.165, 1.54) is 11.6 Å². The third-order valence-electron chi connectivity index (χ3n) is 3.08. The molecular weight excluding hydrogens is 230 g/mol. The predicted molar refractivity (Wildman–Crippen MR) is 71.0 cm³/mol. The van der Waals surface area contributed by atoms with Crippen molar-refractivity contribution in [2.24, 2.45) is 0 Å². The zero-order valence-corrected chi connectivity index (χ0v) is 10.6. The molecule has 0 fully saturated rings. The van der Waals surface area contributed by atoms with E-state index in [-0.39, 0.29) is 0 Å². The maximum Gasteiger partial charge on any atom is 0.328 e. The molecule has 0 saturated heterocycles. The van der Waals surface area contributed by atoms with Gasteiger partial charge in [0, 0.05) is 22.7 Å². The van der Waals surface area contributed by atoms with Gasteiger partial charge in [-0.3, -0.25) is 0 Å². The zero-order chi connectivity index (χ0) is 13.3. The zero-order valence-electron chi connectivity index (χ0n) is 10.6. The van der Waals surface area contributed by atoms with Crippen molar-refractivity contribution in [3.05, 3.63) is 35.0 Å². The number of nitrogens with one attached hydrogen (secondary N) is 1. The van der Waals surface area contributed by atoms with Crippen LogP contribution in [0.1, 0.15) is 16.8 Å². The monoisotopic (exact) mass is 245 g/mol. The highest BCUT2D eigenvalue weighted by Gasteiger charge is 2.11. The molecule has 1 heterocycles. The molecule has 2 rings (SSSR count). The first-order valence-electron chi connectivity index (χ1n) is 5.61. The Morgan fingerprint density at radius 2 is 2.11 bits per heavy atom.